The fourth-order valence-corrected chi connectivity index (χ4v) is 4.15. The van der Waals surface area contributed by atoms with Crippen molar-refractivity contribution in [2.24, 2.45) is 0 Å². The van der Waals surface area contributed by atoms with Crippen molar-refractivity contribution in [2.75, 3.05) is 44.2 Å². The van der Waals surface area contributed by atoms with Gasteiger partial charge in [-0.25, -0.2) is 9.78 Å². The van der Waals surface area contributed by atoms with E-state index in [0.29, 0.717) is 26.2 Å². The van der Waals surface area contributed by atoms with Crippen molar-refractivity contribution in [1.29, 1.82) is 0 Å². The average Bonchev–Trinajstić information content (AvgIpc) is 3.17. The number of rotatable bonds is 6. The number of urea groups is 1. The van der Waals surface area contributed by atoms with Gasteiger partial charge in [0.1, 0.15) is 11.6 Å². The van der Waals surface area contributed by atoms with Gasteiger partial charge in [-0.3, -0.25) is 0 Å². The number of nitrogens with zero attached hydrogens (tertiary/aromatic N) is 4. The van der Waals surface area contributed by atoms with Crippen LogP contribution in [0.4, 0.5) is 10.5 Å². The molecule has 1 N–H and O–H groups in total. The molecule has 0 unspecified atom stereocenters. The summed E-state index contributed by atoms with van der Waals surface area (Å²) in [4.78, 5) is 21.4. The zero-order valence-electron chi connectivity index (χ0n) is 17.3. The van der Waals surface area contributed by atoms with E-state index in [1.165, 1.54) is 18.7 Å². The first-order valence-corrected chi connectivity index (χ1v) is 10.8. The Bertz CT molecular complexity index is 803. The number of anilines is 1. The minimum absolute atomic E-state index is 0.0201. The molecule has 0 aliphatic carbocycles. The average molecular weight is 398 g/mol. The van der Waals surface area contributed by atoms with Gasteiger partial charge in [0, 0.05) is 58.3 Å². The Balaban J connectivity index is 1.23. The van der Waals surface area contributed by atoms with E-state index in [2.05, 4.69) is 27.0 Å². The first-order valence-electron chi connectivity index (χ1n) is 10.8. The van der Waals surface area contributed by atoms with Crippen molar-refractivity contribution >= 4 is 11.7 Å². The second-order valence-corrected chi connectivity index (χ2v) is 7.66. The SMILES string of the molecule is CCOc1ccccc1N1CCN(C(=O)NCCc2cn3c(n2)CCCC3)CC1. The molecular formula is C22H31N5O2. The van der Waals surface area contributed by atoms with Crippen LogP contribution in [0.2, 0.25) is 0 Å². The number of carbonyl (C=O) groups excluding carboxylic acids is 1. The number of hydrogen-bond acceptors (Lipinski definition) is 4. The van der Waals surface area contributed by atoms with E-state index in [1.54, 1.807) is 0 Å². The topological polar surface area (TPSA) is 62.6 Å². The third-order valence-corrected chi connectivity index (χ3v) is 5.69. The molecule has 0 spiro atoms. The first kappa shape index (κ1) is 19.6. The van der Waals surface area contributed by atoms with E-state index in [0.717, 1.165) is 49.6 Å². The van der Waals surface area contributed by atoms with Crippen LogP contribution >= 0.6 is 0 Å². The summed E-state index contributed by atoms with van der Waals surface area (Å²) in [5, 5.41) is 3.06. The van der Waals surface area contributed by atoms with Crippen LogP contribution in [-0.2, 0) is 19.4 Å². The van der Waals surface area contributed by atoms with Crippen molar-refractivity contribution in [2.45, 2.75) is 39.2 Å². The molecule has 2 amide bonds. The van der Waals surface area contributed by atoms with Gasteiger partial charge in [-0.2, -0.15) is 0 Å². The molecule has 0 bridgehead atoms. The number of carbonyl (C=O) groups is 1. The highest BCUT2D eigenvalue weighted by atomic mass is 16.5. The monoisotopic (exact) mass is 397 g/mol. The highest BCUT2D eigenvalue weighted by molar-refractivity contribution is 5.74. The van der Waals surface area contributed by atoms with Crippen LogP contribution in [0.25, 0.3) is 0 Å². The van der Waals surface area contributed by atoms with E-state index in [1.807, 2.05) is 30.0 Å². The smallest absolute Gasteiger partial charge is 0.317 e. The molecule has 4 rings (SSSR count). The van der Waals surface area contributed by atoms with Crippen molar-refractivity contribution in [3.8, 4) is 5.75 Å². The molecule has 29 heavy (non-hydrogen) atoms. The molecule has 0 saturated carbocycles. The van der Waals surface area contributed by atoms with Crippen LogP contribution in [-0.4, -0.2) is 59.8 Å². The van der Waals surface area contributed by atoms with Crippen LogP contribution in [0.1, 0.15) is 31.3 Å². The fourth-order valence-electron chi connectivity index (χ4n) is 4.15. The van der Waals surface area contributed by atoms with Gasteiger partial charge in [0.05, 0.1) is 18.0 Å². The van der Waals surface area contributed by atoms with E-state index in [9.17, 15) is 4.79 Å². The Hall–Kier alpha value is -2.70. The fraction of sp³-hybridized carbons (Fsp3) is 0.545. The van der Waals surface area contributed by atoms with Crippen LogP contribution in [0.15, 0.2) is 30.5 Å². The van der Waals surface area contributed by atoms with Gasteiger partial charge in [0.25, 0.3) is 0 Å². The molecule has 0 radical (unpaired) electrons. The maximum absolute atomic E-state index is 12.5. The summed E-state index contributed by atoms with van der Waals surface area (Å²) in [5.41, 5.74) is 2.19. The maximum Gasteiger partial charge on any atom is 0.317 e. The van der Waals surface area contributed by atoms with Gasteiger partial charge >= 0.3 is 6.03 Å². The zero-order valence-corrected chi connectivity index (χ0v) is 17.3. The molecule has 7 nitrogen and oxygen atoms in total. The Morgan fingerprint density at radius 2 is 1.97 bits per heavy atom. The Morgan fingerprint density at radius 1 is 1.14 bits per heavy atom. The van der Waals surface area contributed by atoms with E-state index in [4.69, 9.17) is 9.72 Å². The van der Waals surface area contributed by atoms with Crippen molar-refractivity contribution in [3.63, 3.8) is 0 Å². The molecule has 156 valence electrons. The number of piperazine rings is 1. The number of benzene rings is 1. The van der Waals surface area contributed by atoms with Gasteiger partial charge in [-0.05, 0) is 31.9 Å². The quantitative estimate of drug-likeness (QED) is 0.814. The summed E-state index contributed by atoms with van der Waals surface area (Å²) in [6.45, 7) is 7.40. The minimum atomic E-state index is 0.0201. The van der Waals surface area contributed by atoms with Gasteiger partial charge < -0.3 is 24.4 Å². The number of fused-ring (bicyclic) bond motifs is 1. The largest absolute Gasteiger partial charge is 0.492 e. The van der Waals surface area contributed by atoms with Crippen molar-refractivity contribution in [1.82, 2.24) is 19.8 Å². The minimum Gasteiger partial charge on any atom is -0.492 e. The lowest BCUT2D eigenvalue weighted by Gasteiger charge is -2.36. The van der Waals surface area contributed by atoms with Crippen LogP contribution < -0.4 is 15.0 Å². The summed E-state index contributed by atoms with van der Waals surface area (Å²) < 4.78 is 8.01. The van der Waals surface area contributed by atoms with Gasteiger partial charge in [-0.1, -0.05) is 12.1 Å². The normalized spacial score (nSPS) is 16.4. The van der Waals surface area contributed by atoms with Gasteiger partial charge in [-0.15, -0.1) is 0 Å². The molecule has 1 saturated heterocycles. The van der Waals surface area contributed by atoms with E-state index < -0.39 is 0 Å². The highest BCUT2D eigenvalue weighted by Gasteiger charge is 2.22. The van der Waals surface area contributed by atoms with Crippen LogP contribution in [0.3, 0.4) is 0 Å². The van der Waals surface area contributed by atoms with Crippen molar-refractivity contribution < 1.29 is 9.53 Å². The second kappa shape index (κ2) is 9.20. The number of para-hydroxylation sites is 2. The molecule has 1 aromatic heterocycles. The zero-order chi connectivity index (χ0) is 20.1. The summed E-state index contributed by atoms with van der Waals surface area (Å²) in [5.74, 6) is 2.11. The molecule has 1 aromatic carbocycles. The lowest BCUT2D eigenvalue weighted by Crippen LogP contribution is -2.52. The molecule has 2 aromatic rings. The lowest BCUT2D eigenvalue weighted by atomic mass is 10.2. The molecule has 0 atom stereocenters. The number of aryl methyl sites for hydroxylation is 2. The number of imidazole rings is 1. The van der Waals surface area contributed by atoms with Crippen molar-refractivity contribution in [3.05, 3.63) is 42.0 Å². The number of hydrogen-bond donors (Lipinski definition) is 1. The van der Waals surface area contributed by atoms with Gasteiger partial charge in [0.15, 0.2) is 0 Å². The third-order valence-electron chi connectivity index (χ3n) is 5.69. The van der Waals surface area contributed by atoms with E-state index >= 15 is 0 Å². The molecular weight excluding hydrogens is 366 g/mol. The molecule has 2 aliphatic rings. The standard InChI is InChI=1S/C22H31N5O2/c1-2-29-20-8-4-3-7-19(20)25-13-15-26(16-14-25)22(28)23-11-10-18-17-27-12-6-5-9-21(27)24-18/h3-4,7-8,17H,2,5-6,9-16H2,1H3,(H,23,28). The molecule has 1 fully saturated rings. The van der Waals surface area contributed by atoms with Crippen LogP contribution in [0.5, 0.6) is 5.75 Å². The Kier molecular flexibility index (Phi) is 6.22. The summed E-state index contributed by atoms with van der Waals surface area (Å²) in [6, 6.07) is 8.14. The third kappa shape index (κ3) is 4.66. The molecule has 2 aliphatic heterocycles. The maximum atomic E-state index is 12.5. The summed E-state index contributed by atoms with van der Waals surface area (Å²) >= 11 is 0. The number of nitrogens with one attached hydrogen (secondary N) is 1. The predicted octanol–water partition coefficient (Wildman–Crippen LogP) is 2.69. The Labute approximate surface area is 172 Å². The summed E-state index contributed by atoms with van der Waals surface area (Å²) in [7, 11) is 0. The first-order chi connectivity index (χ1) is 14.2. The highest BCUT2D eigenvalue weighted by Crippen LogP contribution is 2.28. The number of ether oxygens (including phenoxy) is 1. The molecule has 7 heteroatoms. The number of amides is 2. The van der Waals surface area contributed by atoms with E-state index in [-0.39, 0.29) is 6.03 Å². The predicted molar refractivity (Wildman–Crippen MR) is 114 cm³/mol. The summed E-state index contributed by atoms with van der Waals surface area (Å²) in [6.07, 6.45) is 6.47. The van der Waals surface area contributed by atoms with Gasteiger partial charge in [0.2, 0.25) is 0 Å². The second-order valence-electron chi connectivity index (χ2n) is 7.66. The Morgan fingerprint density at radius 3 is 2.76 bits per heavy atom. The number of aromatic nitrogens is 2. The lowest BCUT2D eigenvalue weighted by molar-refractivity contribution is 0.194. The molecule has 3 heterocycles. The van der Waals surface area contributed by atoms with Crippen LogP contribution in [0, 0.1) is 0 Å².